The molecule has 0 saturated heterocycles. The van der Waals surface area contributed by atoms with Crippen molar-refractivity contribution < 1.29 is 24.3 Å². The molecular formula is C10H12N4O5S. The molecule has 108 valence electrons. The summed E-state index contributed by atoms with van der Waals surface area (Å²) in [6.07, 6.45) is 0. The van der Waals surface area contributed by atoms with Gasteiger partial charge in [-0.25, -0.2) is 4.98 Å². The summed E-state index contributed by atoms with van der Waals surface area (Å²) < 4.78 is 0. The molecule has 0 aromatic carbocycles. The fourth-order valence-electron chi connectivity index (χ4n) is 1.07. The molecule has 0 saturated carbocycles. The lowest BCUT2D eigenvalue weighted by molar-refractivity contribution is -0.137. The molecule has 4 N–H and O–H groups in total. The van der Waals surface area contributed by atoms with E-state index in [0.717, 1.165) is 11.3 Å². The highest BCUT2D eigenvalue weighted by molar-refractivity contribution is 7.14. The smallest absolute Gasteiger partial charge is 0.322 e. The molecule has 0 aliphatic carbocycles. The number of anilines is 1. The molecule has 9 nitrogen and oxygen atoms in total. The van der Waals surface area contributed by atoms with Gasteiger partial charge in [-0.1, -0.05) is 0 Å². The van der Waals surface area contributed by atoms with Crippen molar-refractivity contribution in [2.75, 3.05) is 18.4 Å². The van der Waals surface area contributed by atoms with Gasteiger partial charge in [-0.05, 0) is 0 Å². The lowest BCUT2D eigenvalue weighted by Gasteiger charge is -2.03. The van der Waals surface area contributed by atoms with Crippen molar-refractivity contribution in [2.24, 2.45) is 0 Å². The summed E-state index contributed by atoms with van der Waals surface area (Å²) in [7, 11) is 0. The second-order valence-corrected chi connectivity index (χ2v) is 4.43. The van der Waals surface area contributed by atoms with E-state index >= 15 is 0 Å². The van der Waals surface area contributed by atoms with Crippen LogP contribution >= 0.6 is 11.3 Å². The number of nitrogens with one attached hydrogen (secondary N) is 3. The molecular weight excluding hydrogens is 288 g/mol. The van der Waals surface area contributed by atoms with Crippen molar-refractivity contribution in [2.45, 2.75) is 6.92 Å². The molecule has 0 radical (unpaired) electrons. The number of carbonyl (C=O) groups excluding carboxylic acids is 3. The Balaban J connectivity index is 2.42. The molecule has 0 unspecified atom stereocenters. The first kappa shape index (κ1) is 15.6. The summed E-state index contributed by atoms with van der Waals surface area (Å²) in [5.74, 6) is -2.70. The van der Waals surface area contributed by atoms with Crippen LogP contribution in [0.25, 0.3) is 0 Å². The Morgan fingerprint density at radius 2 is 1.95 bits per heavy atom. The number of hydrogen-bond donors (Lipinski definition) is 4. The van der Waals surface area contributed by atoms with Gasteiger partial charge in [0.05, 0.1) is 6.54 Å². The van der Waals surface area contributed by atoms with E-state index in [1.807, 2.05) is 0 Å². The minimum atomic E-state index is -1.18. The van der Waals surface area contributed by atoms with Crippen LogP contribution in [0.1, 0.15) is 17.4 Å². The van der Waals surface area contributed by atoms with Gasteiger partial charge in [0.2, 0.25) is 11.8 Å². The average molecular weight is 300 g/mol. The molecule has 10 heteroatoms. The number of carboxylic acid groups (broad SMARTS) is 1. The fourth-order valence-corrected chi connectivity index (χ4v) is 1.81. The molecule has 0 aliphatic rings. The standard InChI is InChI=1S/C10H12N4O5S/c1-5(15)13-10-14-6(4-20-10)9(19)12-2-7(16)11-3-8(17)18/h4H,2-3H2,1H3,(H,11,16)(H,12,19)(H,17,18)(H,13,14,15). The van der Waals surface area contributed by atoms with Crippen LogP contribution in [0.2, 0.25) is 0 Å². The van der Waals surface area contributed by atoms with Crippen LogP contribution in [0.4, 0.5) is 5.13 Å². The monoisotopic (exact) mass is 300 g/mol. The van der Waals surface area contributed by atoms with E-state index in [1.165, 1.54) is 12.3 Å². The number of amides is 3. The van der Waals surface area contributed by atoms with Crippen molar-refractivity contribution in [3.63, 3.8) is 0 Å². The summed E-state index contributed by atoms with van der Waals surface area (Å²) >= 11 is 1.07. The number of aromatic nitrogens is 1. The number of carboxylic acids is 1. The van der Waals surface area contributed by atoms with Gasteiger partial charge < -0.3 is 21.1 Å². The normalized spacial score (nSPS) is 9.65. The maximum Gasteiger partial charge on any atom is 0.322 e. The number of carbonyl (C=O) groups is 4. The second-order valence-electron chi connectivity index (χ2n) is 3.57. The van der Waals surface area contributed by atoms with Crippen molar-refractivity contribution in [1.29, 1.82) is 0 Å². The van der Waals surface area contributed by atoms with Gasteiger partial charge >= 0.3 is 5.97 Å². The number of thiazole rings is 1. The lowest BCUT2D eigenvalue weighted by Crippen LogP contribution is -2.39. The zero-order valence-corrected chi connectivity index (χ0v) is 11.2. The van der Waals surface area contributed by atoms with Gasteiger partial charge in [0, 0.05) is 12.3 Å². The van der Waals surface area contributed by atoms with Gasteiger partial charge in [0.25, 0.3) is 5.91 Å². The van der Waals surface area contributed by atoms with Crippen LogP contribution in [0.3, 0.4) is 0 Å². The predicted octanol–water partition coefficient (Wildman–Crippen LogP) is -0.968. The van der Waals surface area contributed by atoms with Gasteiger partial charge in [0.15, 0.2) is 5.13 Å². The minimum absolute atomic E-state index is 0.0600. The van der Waals surface area contributed by atoms with Crippen LogP contribution in [0.15, 0.2) is 5.38 Å². The third-order valence-electron chi connectivity index (χ3n) is 1.87. The zero-order chi connectivity index (χ0) is 15.1. The Morgan fingerprint density at radius 3 is 2.55 bits per heavy atom. The van der Waals surface area contributed by atoms with Crippen LogP contribution in [0.5, 0.6) is 0 Å². The van der Waals surface area contributed by atoms with Crippen LogP contribution in [0, 0.1) is 0 Å². The van der Waals surface area contributed by atoms with Crippen molar-refractivity contribution in [3.8, 4) is 0 Å². The maximum absolute atomic E-state index is 11.6. The summed E-state index contributed by atoms with van der Waals surface area (Å²) in [6, 6.07) is 0. The molecule has 0 fully saturated rings. The molecule has 20 heavy (non-hydrogen) atoms. The summed E-state index contributed by atoms with van der Waals surface area (Å²) in [5.41, 5.74) is 0.0600. The molecule has 0 aliphatic heterocycles. The third-order valence-corrected chi connectivity index (χ3v) is 2.62. The first-order valence-electron chi connectivity index (χ1n) is 5.38. The first-order valence-corrected chi connectivity index (χ1v) is 6.26. The summed E-state index contributed by atoms with van der Waals surface area (Å²) in [4.78, 5) is 47.6. The molecule has 1 aromatic rings. The Labute approximate surface area is 117 Å². The van der Waals surface area contributed by atoms with E-state index in [0.29, 0.717) is 0 Å². The van der Waals surface area contributed by atoms with E-state index in [2.05, 4.69) is 20.9 Å². The van der Waals surface area contributed by atoms with Crippen molar-refractivity contribution in [1.82, 2.24) is 15.6 Å². The topological polar surface area (TPSA) is 137 Å². The number of aliphatic carboxylic acids is 1. The highest BCUT2D eigenvalue weighted by Gasteiger charge is 2.12. The van der Waals surface area contributed by atoms with Crippen LogP contribution < -0.4 is 16.0 Å². The van der Waals surface area contributed by atoms with Gasteiger partial charge in [-0.2, -0.15) is 0 Å². The van der Waals surface area contributed by atoms with E-state index in [-0.39, 0.29) is 23.3 Å². The molecule has 1 rings (SSSR count). The Kier molecular flexibility index (Phi) is 5.59. The molecule has 0 bridgehead atoms. The SMILES string of the molecule is CC(=O)Nc1nc(C(=O)NCC(=O)NCC(=O)O)cs1. The average Bonchev–Trinajstić information content (AvgIpc) is 2.81. The van der Waals surface area contributed by atoms with Crippen molar-refractivity contribution >= 4 is 40.2 Å². The Bertz CT molecular complexity index is 542. The third kappa shape index (κ3) is 5.44. The lowest BCUT2D eigenvalue weighted by atomic mass is 10.4. The molecule has 0 atom stereocenters. The molecule has 0 spiro atoms. The molecule has 1 aromatic heterocycles. The highest BCUT2D eigenvalue weighted by atomic mass is 32.1. The highest BCUT2D eigenvalue weighted by Crippen LogP contribution is 2.14. The van der Waals surface area contributed by atoms with Gasteiger partial charge in [-0.3, -0.25) is 19.2 Å². The predicted molar refractivity (Wildman–Crippen MR) is 69.4 cm³/mol. The molecule has 3 amide bonds. The second kappa shape index (κ2) is 7.19. The maximum atomic E-state index is 11.6. The number of nitrogens with zero attached hydrogens (tertiary/aromatic N) is 1. The van der Waals surface area contributed by atoms with Crippen LogP contribution in [-0.4, -0.2) is 46.9 Å². The number of rotatable bonds is 6. The summed E-state index contributed by atoms with van der Waals surface area (Å²) in [5, 5.41) is 16.8. The van der Waals surface area contributed by atoms with Gasteiger partial charge in [-0.15, -0.1) is 11.3 Å². The Hall–Kier alpha value is -2.49. The van der Waals surface area contributed by atoms with E-state index in [1.54, 1.807) is 0 Å². The molecule has 1 heterocycles. The number of hydrogen-bond acceptors (Lipinski definition) is 6. The Morgan fingerprint density at radius 1 is 1.25 bits per heavy atom. The van der Waals surface area contributed by atoms with Crippen LogP contribution in [-0.2, 0) is 14.4 Å². The minimum Gasteiger partial charge on any atom is -0.480 e. The van der Waals surface area contributed by atoms with Crippen molar-refractivity contribution in [3.05, 3.63) is 11.1 Å². The largest absolute Gasteiger partial charge is 0.480 e. The quantitative estimate of drug-likeness (QED) is 0.533. The summed E-state index contributed by atoms with van der Waals surface area (Å²) in [6.45, 7) is 0.436. The zero-order valence-electron chi connectivity index (χ0n) is 10.4. The van der Waals surface area contributed by atoms with E-state index < -0.39 is 24.3 Å². The van der Waals surface area contributed by atoms with E-state index in [4.69, 9.17) is 5.11 Å². The fraction of sp³-hybridized carbons (Fsp3) is 0.300. The van der Waals surface area contributed by atoms with E-state index in [9.17, 15) is 19.2 Å². The van der Waals surface area contributed by atoms with Gasteiger partial charge in [0.1, 0.15) is 12.2 Å². The first-order chi connectivity index (χ1) is 9.38.